The Labute approximate surface area is 177 Å². The minimum Gasteiger partial charge on any atom is -0.429 e. The Morgan fingerprint density at radius 2 is 1.45 bits per heavy atom. The molecule has 0 saturated carbocycles. The van der Waals surface area contributed by atoms with Crippen LogP contribution < -0.4 is 5.46 Å². The first kappa shape index (κ1) is 21.4. The van der Waals surface area contributed by atoms with Gasteiger partial charge in [0.1, 0.15) is 0 Å². The predicted octanol–water partition coefficient (Wildman–Crippen LogP) is 4.18. The fourth-order valence-electron chi connectivity index (χ4n) is 2.54. The van der Waals surface area contributed by atoms with Crippen LogP contribution in [-0.2, 0) is 11.7 Å². The van der Waals surface area contributed by atoms with Gasteiger partial charge in [-0.25, -0.2) is 0 Å². The van der Waals surface area contributed by atoms with Crippen molar-refractivity contribution >= 4 is 22.2 Å². The number of rotatable bonds is 5. The molecule has 0 aliphatic rings. The largest absolute Gasteiger partial charge is 0.429 e. The second kappa shape index (κ2) is 8.58. The zero-order valence-corrected chi connectivity index (χ0v) is 18.9. The van der Waals surface area contributed by atoms with Crippen LogP contribution in [0.15, 0.2) is 60.8 Å². The molecule has 5 heteroatoms. The number of aromatic nitrogens is 2. The molecule has 147 valence electrons. The lowest BCUT2D eigenvalue weighted by atomic mass is 9.83. The van der Waals surface area contributed by atoms with Gasteiger partial charge in [0.05, 0.1) is 11.3 Å². The second-order valence-electron chi connectivity index (χ2n) is 8.26. The smallest absolute Gasteiger partial charge is 0.330 e. The van der Waals surface area contributed by atoms with Crippen LogP contribution in [0.25, 0.3) is 11.3 Å². The average Bonchev–Trinajstić information content (AvgIpc) is 3.11. The highest BCUT2D eigenvalue weighted by molar-refractivity contribution is 7.19. The van der Waals surface area contributed by atoms with Crippen molar-refractivity contribution in [1.29, 1.82) is 0 Å². The summed E-state index contributed by atoms with van der Waals surface area (Å²) in [6.07, 6.45) is 1.80. The second-order valence-corrected chi connectivity index (χ2v) is 9.70. The van der Waals surface area contributed by atoms with E-state index < -0.39 is 0 Å². The van der Waals surface area contributed by atoms with Crippen molar-refractivity contribution in [3.63, 3.8) is 0 Å². The monoisotopic (exact) mass is 401 g/mol. The van der Waals surface area contributed by atoms with Gasteiger partial charge in [0.15, 0.2) is 0 Å². The van der Waals surface area contributed by atoms with Crippen molar-refractivity contribution in [3.8, 4) is 23.1 Å². The van der Waals surface area contributed by atoms with E-state index in [9.17, 15) is 0 Å². The zero-order chi connectivity index (χ0) is 21.1. The molecule has 0 N–H and O–H groups in total. The highest BCUT2D eigenvalue weighted by Gasteiger charge is 2.33. The van der Waals surface area contributed by atoms with E-state index in [0.29, 0.717) is 0 Å². The topological polar surface area (TPSA) is 27.1 Å². The first-order valence-corrected chi connectivity index (χ1v) is 10.2. The molecular weight excluding hydrogens is 374 g/mol. The van der Waals surface area contributed by atoms with Crippen molar-refractivity contribution in [2.24, 2.45) is 7.05 Å². The van der Waals surface area contributed by atoms with Crippen LogP contribution >= 0.6 is 9.24 Å². The van der Waals surface area contributed by atoms with Gasteiger partial charge in [-0.15, -0.1) is 9.24 Å². The molecule has 3 aromatic rings. The van der Waals surface area contributed by atoms with E-state index in [1.807, 2.05) is 61.7 Å². The lowest BCUT2D eigenvalue weighted by Crippen LogP contribution is -2.45. The van der Waals surface area contributed by atoms with Crippen molar-refractivity contribution in [3.05, 3.63) is 71.9 Å². The molecular formula is C24H27BN2OP. The highest BCUT2D eigenvalue weighted by atomic mass is 31.0. The van der Waals surface area contributed by atoms with E-state index >= 15 is 0 Å². The average molecular weight is 401 g/mol. The molecule has 0 amide bonds. The molecule has 3 nitrogen and oxygen atoms in total. The summed E-state index contributed by atoms with van der Waals surface area (Å²) in [7, 11) is 6.61. The van der Waals surface area contributed by atoms with E-state index in [0.717, 1.165) is 27.8 Å². The Balaban J connectivity index is 1.63. The summed E-state index contributed by atoms with van der Waals surface area (Å²) in [6, 6.07) is 18.3. The number of hydrogen-bond acceptors (Lipinski definition) is 2. The molecule has 3 rings (SSSR count). The minimum absolute atomic E-state index is 0.0266. The normalized spacial score (nSPS) is 11.7. The van der Waals surface area contributed by atoms with Gasteiger partial charge in [0, 0.05) is 29.5 Å². The molecule has 0 aliphatic carbocycles. The van der Waals surface area contributed by atoms with Crippen LogP contribution in [0.4, 0.5) is 0 Å². The van der Waals surface area contributed by atoms with Crippen molar-refractivity contribution in [2.45, 2.75) is 38.5 Å². The van der Waals surface area contributed by atoms with E-state index in [-0.39, 0.29) is 10.8 Å². The van der Waals surface area contributed by atoms with Gasteiger partial charge in [0.25, 0.3) is 0 Å². The number of benzene rings is 2. The lowest BCUT2D eigenvalue weighted by Gasteiger charge is -2.39. The Hall–Kier alpha value is -2.34. The van der Waals surface area contributed by atoms with Gasteiger partial charge in [-0.1, -0.05) is 55.4 Å². The van der Waals surface area contributed by atoms with Crippen molar-refractivity contribution in [2.75, 3.05) is 0 Å². The summed E-state index contributed by atoms with van der Waals surface area (Å²) >= 11 is 0. The fourth-order valence-corrected chi connectivity index (χ4v) is 2.61. The molecule has 2 aromatic carbocycles. The Kier molecular flexibility index (Phi) is 6.32. The van der Waals surface area contributed by atoms with Crippen molar-refractivity contribution < 1.29 is 4.65 Å². The van der Waals surface area contributed by atoms with Crippen LogP contribution in [0.5, 0.6) is 0 Å². The van der Waals surface area contributed by atoms with Gasteiger partial charge in [-0.2, -0.15) is 5.10 Å². The standard InChI is InChI=1S/C24H27BN2OP/c1-23(2,24(3,4)29)28-25-21-14-10-19(11-15-21)7-6-18-8-12-20(13-9-18)22-16-17-26-27(22)5/h8-17H,29H2,1-5H3. The molecule has 0 bridgehead atoms. The maximum atomic E-state index is 6.01. The lowest BCUT2D eigenvalue weighted by molar-refractivity contribution is 0.0841. The number of hydrogen-bond donors (Lipinski definition) is 0. The summed E-state index contributed by atoms with van der Waals surface area (Å²) in [6.45, 7) is 8.48. The Morgan fingerprint density at radius 1 is 0.897 bits per heavy atom. The molecule has 1 heterocycles. The molecule has 29 heavy (non-hydrogen) atoms. The molecule has 1 aromatic heterocycles. The third kappa shape index (κ3) is 5.38. The first-order valence-electron chi connectivity index (χ1n) is 9.66. The van der Waals surface area contributed by atoms with Gasteiger partial charge in [0.2, 0.25) is 0 Å². The van der Waals surface area contributed by atoms with Gasteiger partial charge < -0.3 is 4.65 Å². The van der Waals surface area contributed by atoms with Crippen LogP contribution in [0.3, 0.4) is 0 Å². The highest BCUT2D eigenvalue weighted by Crippen LogP contribution is 2.33. The third-order valence-corrected chi connectivity index (χ3v) is 6.00. The number of aryl methyl sites for hydroxylation is 1. The fraction of sp³-hybridized carbons (Fsp3) is 0.292. The van der Waals surface area contributed by atoms with Crippen molar-refractivity contribution in [1.82, 2.24) is 9.78 Å². The maximum absolute atomic E-state index is 6.01. The summed E-state index contributed by atoms with van der Waals surface area (Å²) in [5.41, 5.74) is 4.93. The third-order valence-electron chi connectivity index (χ3n) is 5.30. The van der Waals surface area contributed by atoms with Crippen LogP contribution in [0.1, 0.15) is 38.8 Å². The van der Waals surface area contributed by atoms with Crippen LogP contribution in [0.2, 0.25) is 0 Å². The molecule has 0 fully saturated rings. The molecule has 0 spiro atoms. The summed E-state index contributed by atoms with van der Waals surface area (Å²) < 4.78 is 7.88. The van der Waals surface area contributed by atoms with Gasteiger partial charge in [-0.05, 0) is 49.7 Å². The van der Waals surface area contributed by atoms with Gasteiger partial charge >= 0.3 is 7.48 Å². The van der Waals surface area contributed by atoms with Gasteiger partial charge in [-0.3, -0.25) is 4.68 Å². The zero-order valence-electron chi connectivity index (χ0n) is 17.7. The molecule has 1 atom stereocenters. The van der Waals surface area contributed by atoms with E-state index in [2.05, 4.69) is 66.0 Å². The summed E-state index contributed by atoms with van der Waals surface area (Å²) in [4.78, 5) is 0. The van der Waals surface area contributed by atoms with Crippen LogP contribution in [0, 0.1) is 11.8 Å². The Morgan fingerprint density at radius 3 is 1.93 bits per heavy atom. The maximum Gasteiger partial charge on any atom is 0.330 e. The molecule has 1 unspecified atom stereocenters. The van der Waals surface area contributed by atoms with Crippen LogP contribution in [-0.4, -0.2) is 28.0 Å². The first-order chi connectivity index (χ1) is 13.7. The molecule has 0 saturated heterocycles. The summed E-state index contributed by atoms with van der Waals surface area (Å²) in [5.74, 6) is 6.45. The molecule has 1 radical (unpaired) electrons. The Bertz CT molecular complexity index is 1020. The number of nitrogens with zero attached hydrogens (tertiary/aromatic N) is 2. The SMILES string of the molecule is Cn1nccc1-c1ccc(C#Cc2ccc([B]OC(C)(C)C(C)(C)P)cc2)cc1. The predicted molar refractivity (Wildman–Crippen MR) is 125 cm³/mol. The quantitative estimate of drug-likeness (QED) is 0.364. The summed E-state index contributed by atoms with van der Waals surface area (Å²) in [5, 5.41) is 4.19. The van der Waals surface area contributed by atoms with E-state index in [4.69, 9.17) is 4.65 Å². The molecule has 0 aliphatic heterocycles. The van der Waals surface area contributed by atoms with E-state index in [1.54, 1.807) is 6.20 Å². The van der Waals surface area contributed by atoms with E-state index in [1.165, 1.54) is 0 Å². The minimum atomic E-state index is -0.280.